The Hall–Kier alpha value is -5.63. The number of carbonyl (C=O) groups excluding carboxylic acids is 2. The first-order chi connectivity index (χ1) is 52.6. The lowest BCUT2D eigenvalue weighted by Gasteiger charge is -2.36. The average molecular weight is 1650 g/mol. The number of epoxide rings is 1. The van der Waals surface area contributed by atoms with Crippen molar-refractivity contribution in [1.82, 2.24) is 0 Å². The number of terminal acetylenes is 6. The number of alkyl halides is 2. The molecule has 2 saturated carbocycles. The molecule has 0 amide bonds. The molecule has 3 saturated heterocycles. The number of likely N-dealkylation sites (tertiary alicyclic amines) is 2. The highest BCUT2D eigenvalue weighted by molar-refractivity contribution is 6.29. The summed E-state index contributed by atoms with van der Waals surface area (Å²) in [6, 6.07) is 4.18. The number of aliphatic hydroxyl groups is 3. The summed E-state index contributed by atoms with van der Waals surface area (Å²) in [5.41, 5.74) is 5.46. The SMILES string of the molecule is C#CC[N+](C)(C)CC(=C)Cl.C#CC[N+](C)(C)CC1OC1C.C#CC[N+](C)(C)CCN.C#CC[N+]1(CC#C)CCCC1.C#CC[N+]1(CF)CCCC1.C=C(C[N+](C)(C)CC#N)C(=O)OC.C=CC[N+](C)(C)CCO.CCC[N+](C)(C)CCO.COC(=O)C1(C[N+](C)(C)CC#N)CC1.C[N+](C)(C)CCCl.C[N+](C)(CCO)CC1CCC1. The van der Waals surface area contributed by atoms with Gasteiger partial charge in [-0.05, 0) is 80.6 Å². The smallest absolute Gasteiger partial charge is 0.338 e. The van der Waals surface area contributed by atoms with Crippen molar-refractivity contribution in [2.45, 2.75) is 90.3 Å². The molecule has 3 aliphatic heterocycles. The van der Waals surface area contributed by atoms with Crippen molar-refractivity contribution in [2.75, 3.05) is 344 Å². The molecule has 2 aliphatic carbocycles. The van der Waals surface area contributed by atoms with Crippen LogP contribution in [0.4, 0.5) is 4.39 Å². The number of carbonyl (C=O) groups is 2. The topological polar surface area (TPSA) is 199 Å². The van der Waals surface area contributed by atoms with Crippen LogP contribution in [0, 0.1) is 108 Å². The third-order valence-electron chi connectivity index (χ3n) is 19.6. The Morgan fingerprint density at radius 3 is 1.32 bits per heavy atom. The highest BCUT2D eigenvalue weighted by Gasteiger charge is 2.55. The van der Waals surface area contributed by atoms with E-state index in [1.807, 2.05) is 54.4 Å². The maximum absolute atomic E-state index is 12.4. The second kappa shape index (κ2) is 62.5. The Bertz CT molecular complexity index is 2980. The molecule has 114 heavy (non-hydrogen) atoms. The van der Waals surface area contributed by atoms with Gasteiger partial charge >= 0.3 is 11.9 Å². The Kier molecular flexibility index (Phi) is 65.4. The van der Waals surface area contributed by atoms with E-state index in [0.29, 0.717) is 99.8 Å². The number of hydrogen-bond donors (Lipinski definition) is 4. The molecular weight excluding hydrogens is 1480 g/mol. The monoisotopic (exact) mass is 1650 g/mol. The molecular formula is C89H170Cl2FN14O8+11. The summed E-state index contributed by atoms with van der Waals surface area (Å²) in [5.74, 6) is 17.0. The number of hydrogen-bond acceptors (Lipinski definition) is 11. The summed E-state index contributed by atoms with van der Waals surface area (Å²) in [4.78, 5) is 22.4. The van der Waals surface area contributed by atoms with Crippen molar-refractivity contribution >= 4 is 35.1 Å². The number of methoxy groups -OCH3 is 2. The molecule has 2 unspecified atom stereocenters. The number of esters is 2. The van der Waals surface area contributed by atoms with Crippen molar-refractivity contribution in [3.8, 4) is 86.2 Å². The molecule has 3 heterocycles. The molecule has 0 spiro atoms. The number of aliphatic hydroxyl groups excluding tert-OH is 3. The van der Waals surface area contributed by atoms with E-state index >= 15 is 0 Å². The molecule has 25 heteroatoms. The van der Waals surface area contributed by atoms with Gasteiger partial charge in [0.2, 0.25) is 6.80 Å². The second-order valence-electron chi connectivity index (χ2n) is 37.1. The fourth-order valence-electron chi connectivity index (χ4n) is 12.5. The van der Waals surface area contributed by atoms with Crippen molar-refractivity contribution in [3.05, 3.63) is 36.4 Å². The van der Waals surface area contributed by atoms with Gasteiger partial charge in [-0.2, -0.15) is 14.9 Å². The Morgan fingerprint density at radius 2 is 0.991 bits per heavy atom. The van der Waals surface area contributed by atoms with Crippen molar-refractivity contribution in [1.29, 1.82) is 10.5 Å². The zero-order valence-electron chi connectivity index (χ0n) is 76.6. The second-order valence-corrected chi connectivity index (χ2v) is 38.0. The van der Waals surface area contributed by atoms with Crippen molar-refractivity contribution in [3.63, 3.8) is 0 Å². The quantitative estimate of drug-likeness (QED) is 0.00589. The minimum absolute atomic E-state index is 0.123. The fraction of sp³-hybridized carbons (Fsp3) is 0.753. The number of rotatable bonds is 35. The summed E-state index contributed by atoms with van der Waals surface area (Å²) in [5, 5.41) is 43.8. The molecule has 2 atom stereocenters. The van der Waals surface area contributed by atoms with Gasteiger partial charge in [0.25, 0.3) is 0 Å². The van der Waals surface area contributed by atoms with Gasteiger partial charge in [0.1, 0.15) is 102 Å². The third kappa shape index (κ3) is 67.4. The average Bonchev–Trinajstić information content (AvgIpc) is 1.62. The van der Waals surface area contributed by atoms with Crippen LogP contribution in [0.5, 0.6) is 0 Å². The van der Waals surface area contributed by atoms with Gasteiger partial charge in [-0.1, -0.05) is 44.7 Å². The maximum Gasteiger partial charge on any atom is 0.338 e. The standard InChI is InChI=1S/C10H17N2O2.C10H14N.C9H15N2O2.C9H16NO.C9H20NO.C8H13ClN.C8H13FN.C7H15N2.C7H18NO.C7H16NO.C5H13ClN/c1-12(2,7-6-11)8-10(4-5-10)9(13)14-3;1-3-7-11(8-4-2)9-5-6-10-11;1-8(9(12)13-4)7-11(2,3)6-5-10;1-5-6-10(3,4)7-9-8(2)11-9;1-10(2,6-7-11)8-9-4-3-5-9;1-5-6-10(3,4)7-8(2)9;1-2-5-10(8-9)6-3-4-7-10;1-4-6-9(2,3)7-5-8;2*1-4-5-8(2,3)6-7-9;1-7(2,3)5-4-6/h4-5,7-8H2,1-3H3;1-2H,5-10H2;1,6-7H2,2-4H3;1,8-9H,6-7H2,2-4H3;9,11H,3-8H2,1-2H3;1H,2,6-7H2,3-4H3;1H,3-8H2;1H,5-8H2,2-3H3;9H,4-7H2,1-3H3;4,9H,1,5-7H2,2-3H3;4-5H2,1-3H3/q11*+1. The lowest BCUT2D eigenvalue weighted by molar-refractivity contribution is -0.921. The molecule has 0 aromatic rings. The molecule has 0 bridgehead atoms. The van der Waals surface area contributed by atoms with Gasteiger partial charge in [-0.25, -0.2) is 4.79 Å². The Morgan fingerprint density at radius 1 is 0.579 bits per heavy atom. The zero-order chi connectivity index (χ0) is 89.8. The Balaban J connectivity index is -0.000000283. The van der Waals surface area contributed by atoms with Crippen LogP contribution in [0.1, 0.15) is 78.1 Å². The minimum atomic E-state index is -0.413. The molecule has 5 rings (SSSR count). The summed E-state index contributed by atoms with van der Waals surface area (Å²) in [7, 11) is 42.0. The fourth-order valence-corrected chi connectivity index (χ4v) is 13.3. The number of ether oxygens (including phenoxy) is 3. The summed E-state index contributed by atoms with van der Waals surface area (Å²) in [6.07, 6.45) is 46.1. The molecule has 654 valence electrons. The van der Waals surface area contributed by atoms with Gasteiger partial charge < -0.3 is 80.1 Å². The van der Waals surface area contributed by atoms with Crippen molar-refractivity contribution in [2.24, 2.45) is 17.1 Å². The van der Waals surface area contributed by atoms with E-state index in [1.54, 1.807) is 0 Å². The zero-order valence-corrected chi connectivity index (χ0v) is 78.1. The van der Waals surface area contributed by atoms with Crippen LogP contribution < -0.4 is 5.73 Å². The van der Waals surface area contributed by atoms with E-state index in [9.17, 15) is 14.0 Å². The summed E-state index contributed by atoms with van der Waals surface area (Å²) in [6.45, 7) is 36.5. The highest BCUT2D eigenvalue weighted by Crippen LogP contribution is 2.48. The van der Waals surface area contributed by atoms with Crippen LogP contribution in [0.25, 0.3) is 0 Å². The molecule has 0 aromatic heterocycles. The van der Waals surface area contributed by atoms with Crippen LogP contribution in [-0.2, 0) is 23.8 Å². The van der Waals surface area contributed by atoms with Crippen LogP contribution in [0.15, 0.2) is 36.4 Å². The number of quaternary nitrogens is 11. The summed E-state index contributed by atoms with van der Waals surface area (Å²) >= 11 is 11.1. The summed E-state index contributed by atoms with van der Waals surface area (Å²) < 4.78 is 35.6. The largest absolute Gasteiger partial charge is 0.468 e. The van der Waals surface area contributed by atoms with E-state index in [-0.39, 0.29) is 24.8 Å². The van der Waals surface area contributed by atoms with Crippen molar-refractivity contribution < 1.29 is 92.8 Å². The molecule has 0 radical (unpaired) electrons. The van der Waals surface area contributed by atoms with Gasteiger partial charge in [-0.3, -0.25) is 9.28 Å². The predicted molar refractivity (Wildman–Crippen MR) is 474 cm³/mol. The molecule has 5 aliphatic rings. The van der Waals surface area contributed by atoms with E-state index in [1.165, 1.54) is 72.4 Å². The Labute approximate surface area is 708 Å². The normalized spacial score (nSPS) is 16.5. The molecule has 0 aromatic carbocycles. The van der Waals surface area contributed by atoms with Crippen LogP contribution in [-0.4, -0.2) is 433 Å². The van der Waals surface area contributed by atoms with Gasteiger partial charge in [0, 0.05) is 38.1 Å². The lowest BCUT2D eigenvalue weighted by Crippen LogP contribution is -2.46. The molecule has 22 nitrogen and oxygen atoms in total. The van der Waals surface area contributed by atoms with Crippen LogP contribution in [0.2, 0.25) is 0 Å². The molecule has 5 N–H and O–H groups in total. The minimum Gasteiger partial charge on any atom is -0.468 e. The first-order valence-electron chi connectivity index (χ1n) is 40.1. The highest BCUT2D eigenvalue weighted by atomic mass is 35.5. The van der Waals surface area contributed by atoms with E-state index in [2.05, 4.69) is 172 Å². The first-order valence-corrected chi connectivity index (χ1v) is 41.0. The molecule has 5 fully saturated rings. The third-order valence-corrected chi connectivity index (χ3v) is 19.8. The van der Waals surface area contributed by atoms with Gasteiger partial charge in [0.15, 0.2) is 13.1 Å². The number of nitrogens with zero attached hydrogens (tertiary/aromatic N) is 13. The number of nitriles is 2. The van der Waals surface area contributed by atoms with Crippen LogP contribution in [0.3, 0.4) is 0 Å². The van der Waals surface area contributed by atoms with Crippen LogP contribution >= 0.6 is 23.2 Å². The number of nitrogens with two attached hydrogens (primary N) is 1. The van der Waals surface area contributed by atoms with Gasteiger partial charge in [0.05, 0.1) is 256 Å². The van der Waals surface area contributed by atoms with E-state index in [0.717, 1.165) is 167 Å². The predicted octanol–water partition coefficient (Wildman–Crippen LogP) is 6.96. The maximum atomic E-state index is 12.4. The number of likely N-dealkylation sites (N-methyl/N-ethyl adjacent to an activating group) is 7. The van der Waals surface area contributed by atoms with E-state index in [4.69, 9.17) is 103 Å². The van der Waals surface area contributed by atoms with Gasteiger partial charge in [-0.15, -0.1) is 50.1 Å². The number of halogens is 3. The first kappa shape index (κ1) is 119. The van der Waals surface area contributed by atoms with E-state index < -0.39 is 5.97 Å². The lowest BCUT2D eigenvalue weighted by atomic mass is 9.85.